The standard InChI is InChI=1S/C15H16N2O2S/c1-17(10-11-6-3-4-8-13(11)19-2)15(18)12-7-5-9-16-14(12)20/h3-9H,10H2,1-2H3,(H,16,20). The molecule has 1 N–H and O–H groups in total. The van der Waals surface area contributed by atoms with Crippen LogP contribution in [0.2, 0.25) is 0 Å². The first-order valence-electron chi connectivity index (χ1n) is 6.18. The third-order valence-corrected chi connectivity index (χ3v) is 3.33. The Labute approximate surface area is 123 Å². The minimum absolute atomic E-state index is 0.113. The molecule has 1 aromatic heterocycles. The number of aromatic amines is 1. The molecule has 1 amide bonds. The number of pyridine rings is 1. The molecule has 0 atom stereocenters. The zero-order valence-corrected chi connectivity index (χ0v) is 12.2. The van der Waals surface area contributed by atoms with Crippen LogP contribution in [0.5, 0.6) is 5.75 Å². The molecule has 0 fully saturated rings. The van der Waals surface area contributed by atoms with Crippen molar-refractivity contribution in [1.82, 2.24) is 9.88 Å². The molecule has 104 valence electrons. The van der Waals surface area contributed by atoms with Crippen molar-refractivity contribution in [2.45, 2.75) is 6.54 Å². The van der Waals surface area contributed by atoms with E-state index >= 15 is 0 Å². The van der Waals surface area contributed by atoms with E-state index in [1.807, 2.05) is 24.3 Å². The SMILES string of the molecule is COc1ccccc1CN(C)C(=O)c1ccc[nH]c1=S. The smallest absolute Gasteiger partial charge is 0.256 e. The van der Waals surface area contributed by atoms with Gasteiger partial charge in [-0.1, -0.05) is 30.4 Å². The quantitative estimate of drug-likeness (QED) is 0.880. The van der Waals surface area contributed by atoms with E-state index in [1.165, 1.54) is 0 Å². The molecule has 4 nitrogen and oxygen atoms in total. The van der Waals surface area contributed by atoms with E-state index in [-0.39, 0.29) is 5.91 Å². The summed E-state index contributed by atoms with van der Waals surface area (Å²) in [6, 6.07) is 11.1. The number of benzene rings is 1. The molecular weight excluding hydrogens is 272 g/mol. The highest BCUT2D eigenvalue weighted by atomic mass is 32.1. The van der Waals surface area contributed by atoms with Gasteiger partial charge in [-0.15, -0.1) is 0 Å². The first-order valence-corrected chi connectivity index (χ1v) is 6.59. The monoisotopic (exact) mass is 288 g/mol. The van der Waals surface area contributed by atoms with E-state index in [1.54, 1.807) is 37.4 Å². The van der Waals surface area contributed by atoms with Crippen molar-refractivity contribution in [2.24, 2.45) is 0 Å². The Balaban J connectivity index is 2.20. The van der Waals surface area contributed by atoms with E-state index in [0.717, 1.165) is 11.3 Å². The molecule has 2 aromatic rings. The summed E-state index contributed by atoms with van der Waals surface area (Å²) in [5, 5.41) is 0. The Morgan fingerprint density at radius 1 is 1.30 bits per heavy atom. The average Bonchev–Trinajstić information content (AvgIpc) is 2.47. The second-order valence-corrected chi connectivity index (χ2v) is 4.79. The van der Waals surface area contributed by atoms with Crippen LogP contribution in [0.15, 0.2) is 42.6 Å². The van der Waals surface area contributed by atoms with E-state index in [4.69, 9.17) is 17.0 Å². The summed E-state index contributed by atoms with van der Waals surface area (Å²) in [6.45, 7) is 0.465. The van der Waals surface area contributed by atoms with Gasteiger partial charge in [-0.05, 0) is 18.2 Å². The fraction of sp³-hybridized carbons (Fsp3) is 0.200. The second kappa shape index (κ2) is 6.34. The lowest BCUT2D eigenvalue weighted by atomic mass is 10.1. The van der Waals surface area contributed by atoms with Crippen molar-refractivity contribution in [3.8, 4) is 5.75 Å². The van der Waals surface area contributed by atoms with Crippen LogP contribution in [0.25, 0.3) is 0 Å². The highest BCUT2D eigenvalue weighted by Crippen LogP contribution is 2.19. The largest absolute Gasteiger partial charge is 0.496 e. The van der Waals surface area contributed by atoms with Gasteiger partial charge >= 0.3 is 0 Å². The number of carbonyl (C=O) groups excluding carboxylic acids is 1. The van der Waals surface area contributed by atoms with Gasteiger partial charge in [0.15, 0.2) is 0 Å². The second-order valence-electron chi connectivity index (χ2n) is 4.39. The average molecular weight is 288 g/mol. The zero-order valence-electron chi connectivity index (χ0n) is 11.4. The van der Waals surface area contributed by atoms with Crippen molar-refractivity contribution in [3.05, 3.63) is 58.4 Å². The number of amides is 1. The van der Waals surface area contributed by atoms with Crippen molar-refractivity contribution >= 4 is 18.1 Å². The van der Waals surface area contributed by atoms with Crippen molar-refractivity contribution in [1.29, 1.82) is 0 Å². The summed E-state index contributed by atoms with van der Waals surface area (Å²) in [4.78, 5) is 16.9. The van der Waals surface area contributed by atoms with Crippen LogP contribution in [0.4, 0.5) is 0 Å². The highest BCUT2D eigenvalue weighted by Gasteiger charge is 2.15. The Morgan fingerprint density at radius 3 is 2.75 bits per heavy atom. The van der Waals surface area contributed by atoms with Crippen molar-refractivity contribution in [3.63, 3.8) is 0 Å². The van der Waals surface area contributed by atoms with Gasteiger partial charge in [-0.25, -0.2) is 0 Å². The first kappa shape index (κ1) is 14.3. The molecule has 0 aliphatic rings. The summed E-state index contributed by atoms with van der Waals surface area (Å²) in [7, 11) is 3.37. The Morgan fingerprint density at radius 2 is 2.05 bits per heavy atom. The third kappa shape index (κ3) is 3.05. The summed E-state index contributed by atoms with van der Waals surface area (Å²) >= 11 is 5.13. The number of aromatic nitrogens is 1. The van der Waals surface area contributed by atoms with Gasteiger partial charge in [-0.2, -0.15) is 0 Å². The summed E-state index contributed by atoms with van der Waals surface area (Å²) in [5.74, 6) is 0.656. The maximum Gasteiger partial charge on any atom is 0.256 e. The van der Waals surface area contributed by atoms with Crippen LogP contribution in [0.3, 0.4) is 0 Å². The molecule has 0 bridgehead atoms. The maximum absolute atomic E-state index is 12.4. The number of nitrogens with one attached hydrogen (secondary N) is 1. The molecule has 20 heavy (non-hydrogen) atoms. The van der Waals surface area contributed by atoms with Crippen LogP contribution in [-0.2, 0) is 6.54 Å². The summed E-state index contributed by atoms with van der Waals surface area (Å²) < 4.78 is 5.74. The van der Waals surface area contributed by atoms with Crippen molar-refractivity contribution in [2.75, 3.05) is 14.2 Å². The van der Waals surface area contributed by atoms with Gasteiger partial charge in [0.1, 0.15) is 10.4 Å². The molecule has 0 unspecified atom stereocenters. The number of methoxy groups -OCH3 is 1. The Bertz CT molecular complexity index is 667. The fourth-order valence-corrected chi connectivity index (χ4v) is 2.18. The van der Waals surface area contributed by atoms with E-state index < -0.39 is 0 Å². The van der Waals surface area contributed by atoms with Crippen LogP contribution in [-0.4, -0.2) is 29.9 Å². The third-order valence-electron chi connectivity index (χ3n) is 3.00. The van der Waals surface area contributed by atoms with Crippen LogP contribution >= 0.6 is 12.2 Å². The molecule has 0 aliphatic heterocycles. The van der Waals surface area contributed by atoms with E-state index in [0.29, 0.717) is 16.7 Å². The summed E-state index contributed by atoms with van der Waals surface area (Å²) in [6.07, 6.45) is 1.71. The molecule has 0 saturated carbocycles. The van der Waals surface area contributed by atoms with Crippen LogP contribution in [0.1, 0.15) is 15.9 Å². The lowest BCUT2D eigenvalue weighted by molar-refractivity contribution is 0.0783. The Kier molecular flexibility index (Phi) is 4.53. The number of para-hydroxylation sites is 1. The lowest BCUT2D eigenvalue weighted by Gasteiger charge is -2.18. The van der Waals surface area contributed by atoms with Gasteiger partial charge in [0.2, 0.25) is 0 Å². The van der Waals surface area contributed by atoms with Crippen LogP contribution in [0, 0.1) is 4.64 Å². The predicted octanol–water partition coefficient (Wildman–Crippen LogP) is 3.02. The maximum atomic E-state index is 12.4. The molecular formula is C15H16N2O2S. The normalized spacial score (nSPS) is 10.1. The number of carbonyl (C=O) groups is 1. The number of nitrogens with zero attached hydrogens (tertiary/aromatic N) is 1. The van der Waals surface area contributed by atoms with Crippen LogP contribution < -0.4 is 4.74 Å². The number of H-pyrrole nitrogens is 1. The van der Waals surface area contributed by atoms with Crippen molar-refractivity contribution < 1.29 is 9.53 Å². The van der Waals surface area contributed by atoms with Gasteiger partial charge in [0.05, 0.1) is 12.7 Å². The van der Waals surface area contributed by atoms with Gasteiger partial charge < -0.3 is 14.6 Å². The van der Waals surface area contributed by atoms with E-state index in [2.05, 4.69) is 4.98 Å². The van der Waals surface area contributed by atoms with Gasteiger partial charge in [-0.3, -0.25) is 4.79 Å². The minimum atomic E-state index is -0.113. The van der Waals surface area contributed by atoms with Gasteiger partial charge in [0, 0.05) is 25.4 Å². The Hall–Kier alpha value is -2.14. The molecule has 0 radical (unpaired) electrons. The number of hydrogen-bond acceptors (Lipinski definition) is 3. The minimum Gasteiger partial charge on any atom is -0.496 e. The molecule has 0 saturated heterocycles. The topological polar surface area (TPSA) is 45.3 Å². The summed E-state index contributed by atoms with van der Waals surface area (Å²) in [5.41, 5.74) is 1.46. The number of rotatable bonds is 4. The van der Waals surface area contributed by atoms with E-state index in [9.17, 15) is 4.79 Å². The first-order chi connectivity index (χ1) is 9.63. The van der Waals surface area contributed by atoms with Gasteiger partial charge in [0.25, 0.3) is 5.91 Å². The number of ether oxygens (including phenoxy) is 1. The fourth-order valence-electron chi connectivity index (χ4n) is 1.96. The molecule has 1 aromatic carbocycles. The highest BCUT2D eigenvalue weighted by molar-refractivity contribution is 7.71. The number of hydrogen-bond donors (Lipinski definition) is 1. The molecule has 0 aliphatic carbocycles. The lowest BCUT2D eigenvalue weighted by Crippen LogP contribution is -2.26. The zero-order chi connectivity index (χ0) is 14.5. The molecule has 1 heterocycles. The predicted molar refractivity (Wildman–Crippen MR) is 80.4 cm³/mol. The molecule has 2 rings (SSSR count). The molecule has 0 spiro atoms. The molecule has 5 heteroatoms.